The molecule has 0 fully saturated rings. The Labute approximate surface area is 291 Å². The van der Waals surface area contributed by atoms with Crippen molar-refractivity contribution in [3.63, 3.8) is 0 Å². The lowest BCUT2D eigenvalue weighted by molar-refractivity contribution is 1.11. The Morgan fingerprint density at radius 3 is 1.80 bits per heavy atom. The van der Waals surface area contributed by atoms with Gasteiger partial charge in [0, 0.05) is 43.2 Å². The number of hydrogen-bond donors (Lipinski definition) is 0. The summed E-state index contributed by atoms with van der Waals surface area (Å²) in [5.74, 6) is 0.989. The summed E-state index contributed by atoms with van der Waals surface area (Å²) in [5, 5.41) is 3.46. The Morgan fingerprint density at radius 1 is 0.420 bits per heavy atom. The molecule has 0 aliphatic carbocycles. The zero-order valence-corrected chi connectivity index (χ0v) is 27.5. The molecule has 0 saturated carbocycles. The predicted octanol–water partition coefficient (Wildman–Crippen LogP) is 11.4. The maximum atomic E-state index is 5.22. The van der Waals surface area contributed by atoms with Crippen LogP contribution in [0.1, 0.15) is 0 Å². The van der Waals surface area contributed by atoms with E-state index in [0.717, 1.165) is 71.5 Å². The number of hydrogen-bond acceptors (Lipinski definition) is 5. The van der Waals surface area contributed by atoms with Gasteiger partial charge < -0.3 is 4.57 Å². The number of thiophene rings is 1. The summed E-state index contributed by atoms with van der Waals surface area (Å²) in [6, 6.07) is 56.8. The molecule has 0 radical (unpaired) electrons. The van der Waals surface area contributed by atoms with Crippen LogP contribution in [-0.4, -0.2) is 24.5 Å². The predicted molar refractivity (Wildman–Crippen MR) is 207 cm³/mol. The van der Waals surface area contributed by atoms with E-state index < -0.39 is 0 Å². The van der Waals surface area contributed by atoms with E-state index >= 15 is 0 Å². The lowest BCUT2D eigenvalue weighted by atomic mass is 10.0. The Hall–Kier alpha value is -6.50. The first-order valence-corrected chi connectivity index (χ1v) is 17.4. The molecule has 0 aliphatic rings. The average Bonchev–Trinajstić information content (AvgIpc) is 3.74. The quantitative estimate of drug-likeness (QED) is 0.185. The van der Waals surface area contributed by atoms with Crippen molar-refractivity contribution in [3.05, 3.63) is 164 Å². The number of aromatic nitrogens is 5. The van der Waals surface area contributed by atoms with Crippen LogP contribution in [0.4, 0.5) is 0 Å². The van der Waals surface area contributed by atoms with Crippen LogP contribution in [0, 0.1) is 0 Å². The molecular formula is C44H27N5S. The third-order valence-electron chi connectivity index (χ3n) is 9.25. The molecular weight excluding hydrogens is 631 g/mol. The highest BCUT2D eigenvalue weighted by molar-refractivity contribution is 7.26. The molecule has 6 aromatic carbocycles. The Morgan fingerprint density at radius 2 is 1.02 bits per heavy atom. The summed E-state index contributed by atoms with van der Waals surface area (Å²) in [5.41, 5.74) is 9.91. The first kappa shape index (κ1) is 28.5. The van der Waals surface area contributed by atoms with Crippen molar-refractivity contribution in [2.24, 2.45) is 0 Å². The van der Waals surface area contributed by atoms with E-state index in [1.54, 1.807) is 11.3 Å². The minimum Gasteiger partial charge on any atom is -0.309 e. The van der Waals surface area contributed by atoms with Crippen LogP contribution >= 0.6 is 11.3 Å². The molecule has 4 heterocycles. The van der Waals surface area contributed by atoms with Gasteiger partial charge in [0.2, 0.25) is 0 Å². The zero-order chi connectivity index (χ0) is 33.0. The Balaban J connectivity index is 1.22. The van der Waals surface area contributed by atoms with E-state index in [9.17, 15) is 0 Å². The molecule has 234 valence electrons. The van der Waals surface area contributed by atoms with E-state index in [1.807, 2.05) is 36.4 Å². The lowest BCUT2D eigenvalue weighted by Crippen LogP contribution is -2.01. The van der Waals surface area contributed by atoms with Crippen LogP contribution in [0.15, 0.2) is 164 Å². The third kappa shape index (κ3) is 4.69. The highest BCUT2D eigenvalue weighted by atomic mass is 32.1. The van der Waals surface area contributed by atoms with Crippen LogP contribution in [0.3, 0.4) is 0 Å². The fraction of sp³-hybridized carbons (Fsp3) is 0. The van der Waals surface area contributed by atoms with Gasteiger partial charge in [-0.2, -0.15) is 0 Å². The highest BCUT2D eigenvalue weighted by Crippen LogP contribution is 2.40. The molecule has 4 aromatic heterocycles. The molecule has 10 rings (SSSR count). The van der Waals surface area contributed by atoms with Gasteiger partial charge in [-0.25, -0.2) is 19.9 Å². The van der Waals surface area contributed by atoms with Crippen LogP contribution in [0.2, 0.25) is 0 Å². The van der Waals surface area contributed by atoms with Gasteiger partial charge >= 0.3 is 0 Å². The summed E-state index contributed by atoms with van der Waals surface area (Å²) in [6.45, 7) is 0. The number of para-hydroxylation sites is 2. The van der Waals surface area contributed by atoms with Crippen LogP contribution in [-0.2, 0) is 0 Å². The van der Waals surface area contributed by atoms with Gasteiger partial charge in [-0.1, -0.05) is 121 Å². The second-order valence-corrected chi connectivity index (χ2v) is 13.3. The van der Waals surface area contributed by atoms with Gasteiger partial charge in [-0.05, 0) is 42.5 Å². The van der Waals surface area contributed by atoms with Gasteiger partial charge in [-0.3, -0.25) is 0 Å². The van der Waals surface area contributed by atoms with Crippen LogP contribution < -0.4 is 0 Å². The summed E-state index contributed by atoms with van der Waals surface area (Å²) in [4.78, 5) is 20.7. The number of nitrogens with zero attached hydrogens (tertiary/aromatic N) is 5. The van der Waals surface area contributed by atoms with Crippen molar-refractivity contribution >= 4 is 53.4 Å². The summed E-state index contributed by atoms with van der Waals surface area (Å²) in [6.07, 6.45) is 0. The van der Waals surface area contributed by atoms with Gasteiger partial charge in [0.15, 0.2) is 11.6 Å². The minimum atomic E-state index is 0.488. The molecule has 5 nitrogen and oxygen atoms in total. The topological polar surface area (TPSA) is 56.5 Å². The first-order valence-electron chi connectivity index (χ1n) is 16.6. The fourth-order valence-corrected chi connectivity index (χ4v) is 8.08. The van der Waals surface area contributed by atoms with E-state index in [0.29, 0.717) is 11.6 Å². The molecule has 0 amide bonds. The maximum absolute atomic E-state index is 5.22. The van der Waals surface area contributed by atoms with Crippen molar-refractivity contribution in [1.82, 2.24) is 24.5 Å². The Bertz CT molecular complexity index is 2860. The molecule has 6 heteroatoms. The van der Waals surface area contributed by atoms with Crippen LogP contribution in [0.5, 0.6) is 0 Å². The molecule has 0 saturated heterocycles. The lowest BCUT2D eigenvalue weighted by Gasteiger charge is -2.11. The van der Waals surface area contributed by atoms with Gasteiger partial charge in [0.25, 0.3) is 0 Å². The maximum Gasteiger partial charge on any atom is 0.199 e. The normalized spacial score (nSPS) is 11.6. The molecule has 0 unspecified atom stereocenters. The second kappa shape index (κ2) is 11.6. The SMILES string of the molecule is c1ccc(-c2cc(-c3ccc4c(c3)c3ccccc3n4-c3ccccc3)nc(-c3nc(-c4ccccc4)c4sc5ccccc5c4n3)n2)cc1. The smallest absolute Gasteiger partial charge is 0.199 e. The van der Waals surface area contributed by atoms with E-state index in [-0.39, 0.29) is 0 Å². The minimum absolute atomic E-state index is 0.488. The monoisotopic (exact) mass is 657 g/mol. The molecule has 0 bridgehead atoms. The first-order chi connectivity index (χ1) is 24.8. The molecule has 10 aromatic rings. The average molecular weight is 658 g/mol. The van der Waals surface area contributed by atoms with Crippen molar-refractivity contribution < 1.29 is 0 Å². The number of benzene rings is 6. The number of fused-ring (bicyclic) bond motifs is 6. The van der Waals surface area contributed by atoms with E-state index in [2.05, 4.69) is 132 Å². The molecule has 0 aliphatic heterocycles. The van der Waals surface area contributed by atoms with Crippen molar-refractivity contribution in [2.45, 2.75) is 0 Å². The van der Waals surface area contributed by atoms with Crippen molar-refractivity contribution in [3.8, 4) is 51.1 Å². The van der Waals surface area contributed by atoms with Crippen LogP contribution in [0.25, 0.3) is 93.2 Å². The van der Waals surface area contributed by atoms with Gasteiger partial charge in [0.1, 0.15) is 0 Å². The standard InChI is InChI=1S/C44H27N5S/c1-4-14-28(15-5-1)35-27-36(30-24-25-38-34(26-30)32-20-10-12-22-37(32)49(38)31-18-8-3-9-19-31)46-43(45-35)44-47-40(29-16-6-2-7-17-29)42-41(48-44)33-21-11-13-23-39(33)50-42/h1-27H. The van der Waals surface area contributed by atoms with E-state index in [4.69, 9.17) is 19.9 Å². The Kier molecular flexibility index (Phi) is 6.60. The largest absolute Gasteiger partial charge is 0.309 e. The molecule has 50 heavy (non-hydrogen) atoms. The van der Waals surface area contributed by atoms with Crippen molar-refractivity contribution in [2.75, 3.05) is 0 Å². The number of rotatable bonds is 5. The highest BCUT2D eigenvalue weighted by Gasteiger charge is 2.20. The molecule has 0 N–H and O–H groups in total. The summed E-state index contributed by atoms with van der Waals surface area (Å²) in [7, 11) is 0. The van der Waals surface area contributed by atoms with Crippen molar-refractivity contribution in [1.29, 1.82) is 0 Å². The van der Waals surface area contributed by atoms with Gasteiger partial charge in [-0.15, -0.1) is 11.3 Å². The van der Waals surface area contributed by atoms with E-state index in [1.165, 1.54) is 10.1 Å². The second-order valence-electron chi connectivity index (χ2n) is 12.3. The zero-order valence-electron chi connectivity index (χ0n) is 26.7. The molecule has 0 atom stereocenters. The third-order valence-corrected chi connectivity index (χ3v) is 10.4. The summed E-state index contributed by atoms with van der Waals surface area (Å²) < 4.78 is 4.56. The molecule has 0 spiro atoms. The van der Waals surface area contributed by atoms with Gasteiger partial charge in [0.05, 0.1) is 38.3 Å². The fourth-order valence-electron chi connectivity index (χ4n) is 6.92. The summed E-state index contributed by atoms with van der Waals surface area (Å²) >= 11 is 1.72.